The maximum absolute atomic E-state index is 12.7. The summed E-state index contributed by atoms with van der Waals surface area (Å²) in [6.45, 7) is 8.69. The van der Waals surface area contributed by atoms with Crippen molar-refractivity contribution in [3.8, 4) is 0 Å². The van der Waals surface area contributed by atoms with Crippen molar-refractivity contribution in [1.29, 1.82) is 0 Å². The number of halogens is 4. The van der Waals surface area contributed by atoms with Gasteiger partial charge in [0.15, 0.2) is 0 Å². The van der Waals surface area contributed by atoms with Crippen molar-refractivity contribution < 1.29 is 32.3 Å². The van der Waals surface area contributed by atoms with Crippen molar-refractivity contribution in [1.82, 2.24) is 0 Å². The van der Waals surface area contributed by atoms with Gasteiger partial charge in [0.05, 0.1) is 23.0 Å². The molecule has 0 saturated carbocycles. The van der Waals surface area contributed by atoms with E-state index in [-0.39, 0.29) is 28.9 Å². The number of aryl methyl sites for hydroxylation is 1. The number of rotatable bonds is 10. The molecule has 1 aromatic carbocycles. The SMILES string of the molecule is CCCC(=O)OCCN(CC)c1ccc(N=C2C=C(CC(=O)C(F)(F)F)C(=O)C(Cl)=C2C)c(C)c1. The fraction of sp³-hybridized carbons (Fsp3) is 0.440. The van der Waals surface area contributed by atoms with Crippen LogP contribution < -0.4 is 4.90 Å². The minimum Gasteiger partial charge on any atom is -0.464 e. The Hall–Kier alpha value is -2.94. The maximum atomic E-state index is 12.7. The van der Waals surface area contributed by atoms with Crippen molar-refractivity contribution in [2.75, 3.05) is 24.6 Å². The highest BCUT2D eigenvalue weighted by Gasteiger charge is 2.40. The van der Waals surface area contributed by atoms with Gasteiger partial charge < -0.3 is 9.64 Å². The molecule has 6 nitrogen and oxygen atoms in total. The van der Waals surface area contributed by atoms with Crippen LogP contribution in [0, 0.1) is 6.92 Å². The van der Waals surface area contributed by atoms with E-state index >= 15 is 0 Å². The normalized spacial score (nSPS) is 15.4. The van der Waals surface area contributed by atoms with E-state index in [2.05, 4.69) is 4.99 Å². The zero-order valence-electron chi connectivity index (χ0n) is 20.1. The van der Waals surface area contributed by atoms with E-state index in [1.54, 1.807) is 13.0 Å². The van der Waals surface area contributed by atoms with E-state index in [0.717, 1.165) is 17.7 Å². The third-order valence-corrected chi connectivity index (χ3v) is 5.88. The Morgan fingerprint density at radius 1 is 1.17 bits per heavy atom. The number of hydrogen-bond acceptors (Lipinski definition) is 6. The molecule has 0 heterocycles. The minimum absolute atomic E-state index is 0.214. The molecule has 0 fully saturated rings. The van der Waals surface area contributed by atoms with Crippen molar-refractivity contribution in [2.45, 2.75) is 53.1 Å². The van der Waals surface area contributed by atoms with Crippen LogP contribution in [0.3, 0.4) is 0 Å². The van der Waals surface area contributed by atoms with Crippen molar-refractivity contribution in [3.63, 3.8) is 0 Å². The van der Waals surface area contributed by atoms with Crippen LogP contribution in [0.25, 0.3) is 0 Å². The molecule has 1 aliphatic carbocycles. The molecule has 0 amide bonds. The molecular formula is C25H28ClF3N2O4. The lowest BCUT2D eigenvalue weighted by molar-refractivity contribution is -0.170. The van der Waals surface area contributed by atoms with E-state index in [9.17, 15) is 27.6 Å². The molecule has 0 spiro atoms. The number of anilines is 1. The molecule has 0 aromatic heterocycles. The Labute approximate surface area is 207 Å². The predicted molar refractivity (Wildman–Crippen MR) is 129 cm³/mol. The second kappa shape index (κ2) is 12.2. The van der Waals surface area contributed by atoms with Crippen molar-refractivity contribution >= 4 is 46.2 Å². The first-order valence-electron chi connectivity index (χ1n) is 11.2. The van der Waals surface area contributed by atoms with Gasteiger partial charge in [0.25, 0.3) is 0 Å². The molecule has 35 heavy (non-hydrogen) atoms. The lowest BCUT2D eigenvalue weighted by Gasteiger charge is -2.24. The molecule has 0 radical (unpaired) electrons. The fourth-order valence-corrected chi connectivity index (χ4v) is 3.61. The van der Waals surface area contributed by atoms with Gasteiger partial charge in [-0.15, -0.1) is 0 Å². The highest BCUT2D eigenvalue weighted by Crippen LogP contribution is 2.31. The van der Waals surface area contributed by atoms with Crippen LogP contribution >= 0.6 is 11.6 Å². The number of ether oxygens (including phenoxy) is 1. The van der Waals surface area contributed by atoms with E-state index in [0.29, 0.717) is 30.8 Å². The van der Waals surface area contributed by atoms with E-state index in [1.807, 2.05) is 37.8 Å². The Balaban J connectivity index is 2.27. The number of allylic oxidation sites excluding steroid dienone is 4. The van der Waals surface area contributed by atoms with Crippen LogP contribution in [0.2, 0.25) is 0 Å². The number of hydrogen-bond donors (Lipinski definition) is 0. The van der Waals surface area contributed by atoms with E-state index < -0.39 is 24.2 Å². The van der Waals surface area contributed by atoms with Crippen molar-refractivity contribution in [2.24, 2.45) is 4.99 Å². The number of carbonyl (C=O) groups excluding carboxylic acids is 3. The van der Waals surface area contributed by atoms with Crippen LogP contribution in [0.1, 0.15) is 45.6 Å². The zero-order chi connectivity index (χ0) is 26.3. The Morgan fingerprint density at radius 2 is 1.86 bits per heavy atom. The minimum atomic E-state index is -5.05. The summed E-state index contributed by atoms with van der Waals surface area (Å²) >= 11 is 6.06. The zero-order valence-corrected chi connectivity index (χ0v) is 20.8. The first-order valence-corrected chi connectivity index (χ1v) is 11.6. The lowest BCUT2D eigenvalue weighted by Crippen LogP contribution is -2.28. The summed E-state index contributed by atoms with van der Waals surface area (Å²) in [6.07, 6.45) is -3.86. The summed E-state index contributed by atoms with van der Waals surface area (Å²) in [5, 5.41) is -0.264. The smallest absolute Gasteiger partial charge is 0.450 e. The number of nitrogens with zero attached hydrogens (tertiary/aromatic N) is 2. The first kappa shape index (κ1) is 28.3. The van der Waals surface area contributed by atoms with Crippen LogP contribution in [-0.4, -0.2) is 49.1 Å². The molecule has 0 aliphatic heterocycles. The van der Waals surface area contributed by atoms with Crippen LogP contribution in [-0.2, 0) is 19.1 Å². The van der Waals surface area contributed by atoms with Gasteiger partial charge in [0.2, 0.25) is 11.6 Å². The highest BCUT2D eigenvalue weighted by atomic mass is 35.5. The molecule has 1 aliphatic rings. The largest absolute Gasteiger partial charge is 0.464 e. The van der Waals surface area contributed by atoms with Gasteiger partial charge >= 0.3 is 12.1 Å². The van der Waals surface area contributed by atoms with E-state index in [4.69, 9.17) is 16.3 Å². The molecule has 0 atom stereocenters. The molecule has 0 bridgehead atoms. The number of carbonyl (C=O) groups is 3. The summed E-state index contributed by atoms with van der Waals surface area (Å²) in [6, 6.07) is 5.47. The lowest BCUT2D eigenvalue weighted by atomic mass is 9.93. The molecule has 1 aromatic rings. The average molecular weight is 513 g/mol. The van der Waals surface area contributed by atoms with Crippen LogP contribution in [0.5, 0.6) is 0 Å². The second-order valence-electron chi connectivity index (χ2n) is 8.05. The predicted octanol–water partition coefficient (Wildman–Crippen LogP) is 5.78. The molecule has 0 unspecified atom stereocenters. The quantitative estimate of drug-likeness (QED) is 0.293. The van der Waals surface area contributed by atoms with Crippen LogP contribution in [0.15, 0.2) is 45.4 Å². The third kappa shape index (κ3) is 7.52. The fourth-order valence-electron chi connectivity index (χ4n) is 3.39. The van der Waals surface area contributed by atoms with Gasteiger partial charge in [-0.3, -0.25) is 14.4 Å². The van der Waals surface area contributed by atoms with Gasteiger partial charge in [-0.1, -0.05) is 18.5 Å². The number of alkyl halides is 3. The Bertz CT molecular complexity index is 1090. The Kier molecular flexibility index (Phi) is 9.82. The van der Waals surface area contributed by atoms with Gasteiger partial charge in [-0.25, -0.2) is 4.99 Å². The number of ketones is 2. The van der Waals surface area contributed by atoms with Gasteiger partial charge in [0.1, 0.15) is 6.61 Å². The van der Waals surface area contributed by atoms with Gasteiger partial charge in [0, 0.05) is 30.6 Å². The third-order valence-electron chi connectivity index (χ3n) is 5.43. The standard InChI is InChI=1S/C25H28ClF3N2O4/c1-5-7-22(33)35-11-10-31(6-2)18-8-9-19(15(3)12-18)30-20-13-17(14-21(32)25(27,28)29)24(34)23(26)16(20)4/h8-9,12-13H,5-7,10-11,14H2,1-4H3. The summed E-state index contributed by atoms with van der Waals surface area (Å²) in [7, 11) is 0. The average Bonchev–Trinajstić information content (AvgIpc) is 2.79. The van der Waals surface area contributed by atoms with Gasteiger partial charge in [-0.05, 0) is 62.6 Å². The van der Waals surface area contributed by atoms with E-state index in [1.165, 1.54) is 6.08 Å². The number of esters is 1. The number of aliphatic imine (C=N–C) groups is 1. The topological polar surface area (TPSA) is 76.0 Å². The summed E-state index contributed by atoms with van der Waals surface area (Å²) in [5.41, 5.74) is 2.36. The molecule has 0 saturated heterocycles. The monoisotopic (exact) mass is 512 g/mol. The summed E-state index contributed by atoms with van der Waals surface area (Å²) in [4.78, 5) is 41.8. The van der Waals surface area contributed by atoms with Crippen molar-refractivity contribution in [3.05, 3.63) is 46.0 Å². The molecule has 10 heteroatoms. The molecule has 2 rings (SSSR count). The van der Waals surface area contributed by atoms with Gasteiger partial charge in [-0.2, -0.15) is 13.2 Å². The maximum Gasteiger partial charge on any atom is 0.450 e. The molecular weight excluding hydrogens is 485 g/mol. The molecule has 0 N–H and O–H groups in total. The van der Waals surface area contributed by atoms with Crippen LogP contribution in [0.4, 0.5) is 24.5 Å². The second-order valence-corrected chi connectivity index (χ2v) is 8.43. The Morgan fingerprint density at radius 3 is 2.43 bits per heavy atom. The molecule has 190 valence electrons. The summed E-state index contributed by atoms with van der Waals surface area (Å²) < 4.78 is 43.3. The highest BCUT2D eigenvalue weighted by molar-refractivity contribution is 6.49. The number of benzene rings is 1. The number of likely N-dealkylation sites (N-methyl/N-ethyl adjacent to an activating group) is 1. The first-order chi connectivity index (χ1) is 16.4. The summed E-state index contributed by atoms with van der Waals surface area (Å²) in [5.74, 6) is -3.07. The number of Topliss-reactive ketones (excluding diaryl/α,β-unsaturated/α-hetero) is 2.